The molecule has 136 valence electrons. The smallest absolute Gasteiger partial charge is 0.410 e. The lowest BCUT2D eigenvalue weighted by Gasteiger charge is -2.24. The third-order valence-electron chi connectivity index (χ3n) is 3.17. The van der Waals surface area contributed by atoms with Gasteiger partial charge in [0.15, 0.2) is 0 Å². The highest BCUT2D eigenvalue weighted by atomic mass is 32.2. The van der Waals surface area contributed by atoms with Crippen LogP contribution in [0.2, 0.25) is 0 Å². The number of thioether (sulfide) groups is 1. The van der Waals surface area contributed by atoms with Gasteiger partial charge in [0.25, 0.3) is 5.22 Å². The third kappa shape index (κ3) is 5.38. The lowest BCUT2D eigenvalue weighted by molar-refractivity contribution is 0.0285. The van der Waals surface area contributed by atoms with E-state index in [1.165, 1.54) is 16.7 Å². The Hall–Kier alpha value is -2.22. The molecule has 0 saturated heterocycles. The SMILES string of the molecule is COc1cc(CN(C)C(=O)OC(C)(C)C)cc(-c2noc(SC)n2)c1. The van der Waals surface area contributed by atoms with Crippen molar-refractivity contribution >= 4 is 17.9 Å². The fourth-order valence-corrected chi connectivity index (χ4v) is 2.38. The summed E-state index contributed by atoms with van der Waals surface area (Å²) in [7, 11) is 3.28. The Balaban J connectivity index is 2.23. The Labute approximate surface area is 151 Å². The molecule has 0 aliphatic carbocycles. The molecule has 8 heteroatoms. The van der Waals surface area contributed by atoms with Crippen molar-refractivity contribution in [2.75, 3.05) is 20.4 Å². The third-order valence-corrected chi connectivity index (χ3v) is 3.68. The van der Waals surface area contributed by atoms with Gasteiger partial charge in [-0.2, -0.15) is 4.98 Å². The van der Waals surface area contributed by atoms with E-state index < -0.39 is 5.60 Å². The first-order valence-corrected chi connectivity index (χ1v) is 8.94. The predicted octanol–water partition coefficient (Wildman–Crippen LogP) is 3.83. The summed E-state index contributed by atoms with van der Waals surface area (Å²) in [6.07, 6.45) is 1.48. The van der Waals surface area contributed by atoms with Crippen molar-refractivity contribution in [2.45, 2.75) is 38.1 Å². The maximum Gasteiger partial charge on any atom is 0.410 e. The summed E-state index contributed by atoms with van der Waals surface area (Å²) in [6.45, 7) is 5.87. The fraction of sp³-hybridized carbons (Fsp3) is 0.471. The van der Waals surface area contributed by atoms with E-state index in [0.29, 0.717) is 23.3 Å². The summed E-state index contributed by atoms with van der Waals surface area (Å²) < 4.78 is 15.9. The van der Waals surface area contributed by atoms with Gasteiger partial charge < -0.3 is 18.9 Å². The van der Waals surface area contributed by atoms with E-state index in [-0.39, 0.29) is 6.09 Å². The molecule has 0 aliphatic rings. The number of benzene rings is 1. The van der Waals surface area contributed by atoms with Gasteiger partial charge in [-0.05, 0) is 50.8 Å². The molecule has 1 heterocycles. The van der Waals surface area contributed by atoms with Crippen LogP contribution in [0.5, 0.6) is 5.75 Å². The Morgan fingerprint density at radius 3 is 2.60 bits per heavy atom. The second-order valence-electron chi connectivity index (χ2n) is 6.49. The van der Waals surface area contributed by atoms with Gasteiger partial charge in [-0.25, -0.2) is 4.79 Å². The molecule has 0 fully saturated rings. The lowest BCUT2D eigenvalue weighted by atomic mass is 10.1. The number of carbonyl (C=O) groups is 1. The van der Waals surface area contributed by atoms with Crippen LogP contribution in [0.25, 0.3) is 11.4 Å². The summed E-state index contributed by atoms with van der Waals surface area (Å²) in [6, 6.07) is 5.59. The van der Waals surface area contributed by atoms with Gasteiger partial charge in [0, 0.05) is 19.2 Å². The summed E-state index contributed by atoms with van der Waals surface area (Å²) in [4.78, 5) is 18.0. The highest BCUT2D eigenvalue weighted by Gasteiger charge is 2.20. The van der Waals surface area contributed by atoms with Crippen molar-refractivity contribution in [1.82, 2.24) is 15.0 Å². The summed E-state index contributed by atoms with van der Waals surface area (Å²) in [5.74, 6) is 1.13. The van der Waals surface area contributed by atoms with Crippen molar-refractivity contribution in [3.05, 3.63) is 23.8 Å². The van der Waals surface area contributed by atoms with Crippen LogP contribution in [-0.4, -0.2) is 47.1 Å². The van der Waals surface area contributed by atoms with E-state index in [0.717, 1.165) is 11.1 Å². The van der Waals surface area contributed by atoms with Crippen molar-refractivity contribution in [1.29, 1.82) is 0 Å². The summed E-state index contributed by atoms with van der Waals surface area (Å²) >= 11 is 1.38. The maximum atomic E-state index is 12.1. The first kappa shape index (κ1) is 19.1. The number of methoxy groups -OCH3 is 1. The van der Waals surface area contributed by atoms with Crippen LogP contribution >= 0.6 is 11.8 Å². The molecule has 1 aromatic heterocycles. The Morgan fingerprint density at radius 1 is 1.32 bits per heavy atom. The van der Waals surface area contributed by atoms with Crippen LogP contribution in [-0.2, 0) is 11.3 Å². The molecule has 2 rings (SSSR count). The van der Waals surface area contributed by atoms with Crippen LogP contribution in [0.1, 0.15) is 26.3 Å². The largest absolute Gasteiger partial charge is 0.497 e. The van der Waals surface area contributed by atoms with Gasteiger partial charge in [0.1, 0.15) is 11.4 Å². The molecule has 25 heavy (non-hydrogen) atoms. The van der Waals surface area contributed by atoms with E-state index in [9.17, 15) is 4.79 Å². The molecule has 2 aromatic rings. The van der Waals surface area contributed by atoms with Crippen molar-refractivity contribution in [3.63, 3.8) is 0 Å². The monoisotopic (exact) mass is 365 g/mol. The Morgan fingerprint density at radius 2 is 2.04 bits per heavy atom. The highest BCUT2D eigenvalue weighted by molar-refractivity contribution is 7.98. The van der Waals surface area contributed by atoms with E-state index in [4.69, 9.17) is 14.0 Å². The second kappa shape index (κ2) is 7.77. The number of hydrogen-bond donors (Lipinski definition) is 0. The molecule has 0 spiro atoms. The quantitative estimate of drug-likeness (QED) is 0.745. The summed E-state index contributed by atoms with van der Waals surface area (Å²) in [5, 5.41) is 4.46. The molecule has 1 aromatic carbocycles. The zero-order chi connectivity index (χ0) is 18.6. The van der Waals surface area contributed by atoms with E-state index in [2.05, 4.69) is 10.1 Å². The molecule has 0 aliphatic heterocycles. The Kier molecular flexibility index (Phi) is 5.94. The first-order valence-electron chi connectivity index (χ1n) is 7.72. The van der Waals surface area contributed by atoms with E-state index in [1.54, 1.807) is 14.2 Å². The lowest BCUT2D eigenvalue weighted by Crippen LogP contribution is -2.33. The molecule has 1 amide bonds. The van der Waals surface area contributed by atoms with Crippen molar-refractivity contribution in [3.8, 4) is 17.1 Å². The van der Waals surface area contributed by atoms with Crippen LogP contribution in [0.3, 0.4) is 0 Å². The van der Waals surface area contributed by atoms with Crippen LogP contribution in [0.4, 0.5) is 4.79 Å². The molecule has 0 atom stereocenters. The van der Waals surface area contributed by atoms with Crippen molar-refractivity contribution in [2.24, 2.45) is 0 Å². The fourth-order valence-electron chi connectivity index (χ4n) is 2.09. The van der Waals surface area contributed by atoms with Gasteiger partial charge >= 0.3 is 6.09 Å². The minimum atomic E-state index is -0.538. The Bertz CT molecular complexity index is 740. The van der Waals surface area contributed by atoms with Crippen molar-refractivity contribution < 1.29 is 18.8 Å². The number of hydrogen-bond acceptors (Lipinski definition) is 7. The van der Waals surface area contributed by atoms with Crippen LogP contribution < -0.4 is 4.74 Å². The zero-order valence-corrected chi connectivity index (χ0v) is 16.1. The molecule has 0 unspecified atom stereocenters. The number of nitrogens with zero attached hydrogens (tertiary/aromatic N) is 3. The minimum Gasteiger partial charge on any atom is -0.497 e. The first-order chi connectivity index (χ1) is 11.7. The number of rotatable bonds is 5. The highest BCUT2D eigenvalue weighted by Crippen LogP contribution is 2.26. The van der Waals surface area contributed by atoms with Gasteiger partial charge in [-0.15, -0.1) is 0 Å². The number of ether oxygens (including phenoxy) is 2. The molecule has 0 bridgehead atoms. The molecule has 0 radical (unpaired) electrons. The average molecular weight is 365 g/mol. The van der Waals surface area contributed by atoms with E-state index >= 15 is 0 Å². The number of aromatic nitrogens is 2. The van der Waals surface area contributed by atoms with Gasteiger partial charge in [0.05, 0.1) is 7.11 Å². The van der Waals surface area contributed by atoms with Gasteiger partial charge in [0.2, 0.25) is 5.82 Å². The second-order valence-corrected chi connectivity index (χ2v) is 7.25. The summed E-state index contributed by atoms with van der Waals surface area (Å²) in [5.41, 5.74) is 1.10. The predicted molar refractivity (Wildman–Crippen MR) is 95.8 cm³/mol. The van der Waals surface area contributed by atoms with Gasteiger partial charge in [-0.1, -0.05) is 16.9 Å². The zero-order valence-electron chi connectivity index (χ0n) is 15.3. The number of amides is 1. The molecule has 7 nitrogen and oxygen atoms in total. The van der Waals surface area contributed by atoms with Crippen LogP contribution in [0, 0.1) is 0 Å². The molecular weight excluding hydrogens is 342 g/mol. The number of carbonyl (C=O) groups excluding carboxylic acids is 1. The maximum absolute atomic E-state index is 12.1. The van der Waals surface area contributed by atoms with Gasteiger partial charge in [-0.3, -0.25) is 0 Å². The molecule has 0 N–H and O–H groups in total. The van der Waals surface area contributed by atoms with Crippen LogP contribution in [0.15, 0.2) is 27.9 Å². The van der Waals surface area contributed by atoms with E-state index in [1.807, 2.05) is 45.2 Å². The normalized spacial score (nSPS) is 11.3. The minimum absolute atomic E-state index is 0.367. The molecular formula is C17H23N3O4S. The molecule has 0 saturated carbocycles. The topological polar surface area (TPSA) is 77.7 Å². The average Bonchev–Trinajstić information content (AvgIpc) is 3.02. The standard InChI is InChI=1S/C17H23N3O4S/c1-17(2,3)23-16(21)20(4)10-11-7-12(9-13(8-11)22-5)14-18-15(25-6)24-19-14/h7-9H,10H2,1-6H3.